The van der Waals surface area contributed by atoms with Gasteiger partial charge in [-0.2, -0.15) is 0 Å². The van der Waals surface area contributed by atoms with Crippen LogP contribution >= 0.6 is 15.9 Å². The van der Waals surface area contributed by atoms with Crippen LogP contribution in [0.1, 0.15) is 16.7 Å². The number of ether oxygens (including phenoxy) is 1. The zero-order chi connectivity index (χ0) is 22.9. The minimum absolute atomic E-state index is 0.157. The normalized spacial score (nSPS) is 11.5. The molecule has 3 aromatic carbocycles. The van der Waals surface area contributed by atoms with Crippen molar-refractivity contribution in [3.63, 3.8) is 0 Å². The summed E-state index contributed by atoms with van der Waals surface area (Å²) >= 11 is 3.47. The van der Waals surface area contributed by atoms with Gasteiger partial charge in [0.15, 0.2) is 6.61 Å². The molecule has 0 aliphatic rings. The Labute approximate surface area is 197 Å². The maximum Gasteiger partial charge on any atom is 0.261 e. The minimum Gasteiger partial charge on any atom is -0.484 e. The molecule has 0 aliphatic heterocycles. The van der Waals surface area contributed by atoms with Gasteiger partial charge in [-0.15, -0.1) is 0 Å². The SMILES string of the molecule is CNC(=O)C(Cc1ccccc1)N(Cc1ccccc1)C(=O)COc1ccc(Br)c(C)c1. The van der Waals surface area contributed by atoms with Crippen molar-refractivity contribution in [3.05, 3.63) is 100 Å². The fourth-order valence-corrected chi connectivity index (χ4v) is 3.68. The highest BCUT2D eigenvalue weighted by Crippen LogP contribution is 2.22. The first-order chi connectivity index (χ1) is 15.5. The first-order valence-corrected chi connectivity index (χ1v) is 11.2. The molecular formula is C26H27BrN2O3. The van der Waals surface area contributed by atoms with Crippen LogP contribution in [0.2, 0.25) is 0 Å². The van der Waals surface area contributed by atoms with Crippen molar-refractivity contribution in [1.82, 2.24) is 10.2 Å². The number of rotatable bonds is 9. The highest BCUT2D eigenvalue weighted by molar-refractivity contribution is 9.10. The van der Waals surface area contributed by atoms with Gasteiger partial charge in [-0.1, -0.05) is 76.6 Å². The van der Waals surface area contributed by atoms with Gasteiger partial charge in [0.05, 0.1) is 0 Å². The molecule has 0 aromatic heterocycles. The van der Waals surface area contributed by atoms with Gasteiger partial charge in [0, 0.05) is 24.5 Å². The predicted octanol–water partition coefficient (Wildman–Crippen LogP) is 4.52. The lowest BCUT2D eigenvalue weighted by Gasteiger charge is -2.31. The highest BCUT2D eigenvalue weighted by Gasteiger charge is 2.30. The van der Waals surface area contributed by atoms with E-state index in [9.17, 15) is 9.59 Å². The van der Waals surface area contributed by atoms with E-state index in [1.807, 2.05) is 85.8 Å². The molecule has 1 unspecified atom stereocenters. The Bertz CT molecular complexity index is 1040. The smallest absolute Gasteiger partial charge is 0.261 e. The molecular weight excluding hydrogens is 468 g/mol. The Morgan fingerprint density at radius 2 is 1.59 bits per heavy atom. The average Bonchev–Trinajstić information content (AvgIpc) is 2.82. The molecule has 3 aromatic rings. The zero-order valence-electron chi connectivity index (χ0n) is 18.3. The van der Waals surface area contributed by atoms with Crippen molar-refractivity contribution < 1.29 is 14.3 Å². The summed E-state index contributed by atoms with van der Waals surface area (Å²) in [6, 6.07) is 24.3. The molecule has 5 nitrogen and oxygen atoms in total. The highest BCUT2D eigenvalue weighted by atomic mass is 79.9. The standard InChI is InChI=1S/C26H27BrN2O3/c1-19-15-22(13-14-23(19)27)32-18-25(30)29(17-21-11-7-4-8-12-21)24(26(31)28-2)16-20-9-5-3-6-10-20/h3-15,24H,16-18H2,1-2H3,(H,28,31). The summed E-state index contributed by atoms with van der Waals surface area (Å²) in [6.07, 6.45) is 0.413. The topological polar surface area (TPSA) is 58.6 Å². The van der Waals surface area contributed by atoms with Crippen LogP contribution in [0, 0.1) is 6.92 Å². The number of hydrogen-bond donors (Lipinski definition) is 1. The van der Waals surface area contributed by atoms with Crippen molar-refractivity contribution in [2.45, 2.75) is 25.9 Å². The quantitative estimate of drug-likeness (QED) is 0.475. The number of halogens is 1. The Hall–Kier alpha value is -3.12. The lowest BCUT2D eigenvalue weighted by Crippen LogP contribution is -2.51. The van der Waals surface area contributed by atoms with Crippen molar-refractivity contribution in [1.29, 1.82) is 0 Å². The molecule has 0 heterocycles. The summed E-state index contributed by atoms with van der Waals surface area (Å²) in [7, 11) is 1.59. The summed E-state index contributed by atoms with van der Waals surface area (Å²) in [6.45, 7) is 2.12. The van der Waals surface area contributed by atoms with Crippen molar-refractivity contribution in [3.8, 4) is 5.75 Å². The van der Waals surface area contributed by atoms with Gasteiger partial charge >= 0.3 is 0 Å². The number of amides is 2. The van der Waals surface area contributed by atoms with E-state index in [0.29, 0.717) is 18.7 Å². The second-order valence-corrected chi connectivity index (χ2v) is 8.38. The molecule has 0 fully saturated rings. The van der Waals surface area contributed by atoms with Crippen LogP contribution in [0.15, 0.2) is 83.3 Å². The molecule has 0 saturated heterocycles. The number of nitrogens with zero attached hydrogens (tertiary/aromatic N) is 1. The molecule has 0 saturated carbocycles. The van der Waals surface area contributed by atoms with Gasteiger partial charge in [0.1, 0.15) is 11.8 Å². The second kappa shape index (κ2) is 11.5. The third-order valence-electron chi connectivity index (χ3n) is 5.20. The number of carbonyl (C=O) groups excluding carboxylic acids is 2. The zero-order valence-corrected chi connectivity index (χ0v) is 19.8. The van der Waals surface area contributed by atoms with Crippen LogP contribution < -0.4 is 10.1 Å². The maximum absolute atomic E-state index is 13.3. The fraction of sp³-hybridized carbons (Fsp3) is 0.231. The second-order valence-electron chi connectivity index (χ2n) is 7.53. The molecule has 1 atom stereocenters. The summed E-state index contributed by atoms with van der Waals surface area (Å²) < 4.78 is 6.77. The van der Waals surface area contributed by atoms with Gasteiger partial charge < -0.3 is 15.0 Å². The molecule has 0 bridgehead atoms. The van der Waals surface area contributed by atoms with Crippen LogP contribution in [0.5, 0.6) is 5.75 Å². The first-order valence-electron chi connectivity index (χ1n) is 10.5. The van der Waals surface area contributed by atoms with Crippen molar-refractivity contribution >= 4 is 27.7 Å². The van der Waals surface area contributed by atoms with E-state index >= 15 is 0 Å². The van der Waals surface area contributed by atoms with Crippen LogP contribution in [0.3, 0.4) is 0 Å². The minimum atomic E-state index is -0.662. The molecule has 2 amide bonds. The molecule has 6 heteroatoms. The van der Waals surface area contributed by atoms with Crippen LogP contribution in [-0.2, 0) is 22.6 Å². The summed E-state index contributed by atoms with van der Waals surface area (Å²) in [5.41, 5.74) is 2.95. The van der Waals surface area contributed by atoms with E-state index in [4.69, 9.17) is 4.74 Å². The van der Waals surface area contributed by atoms with Gasteiger partial charge in [-0.3, -0.25) is 9.59 Å². The van der Waals surface area contributed by atoms with E-state index in [1.165, 1.54) is 0 Å². The molecule has 1 N–H and O–H groups in total. The van der Waals surface area contributed by atoms with Crippen molar-refractivity contribution in [2.24, 2.45) is 0 Å². The molecule has 0 radical (unpaired) electrons. The van der Waals surface area contributed by atoms with Gasteiger partial charge in [-0.25, -0.2) is 0 Å². The summed E-state index contributed by atoms with van der Waals surface area (Å²) in [5.74, 6) is 0.148. The van der Waals surface area contributed by atoms with Crippen LogP contribution in [0.25, 0.3) is 0 Å². The Morgan fingerprint density at radius 1 is 0.969 bits per heavy atom. The third kappa shape index (κ3) is 6.44. The number of benzene rings is 3. The largest absolute Gasteiger partial charge is 0.484 e. The van der Waals surface area contributed by atoms with E-state index < -0.39 is 6.04 Å². The molecule has 0 spiro atoms. The molecule has 166 valence electrons. The fourth-order valence-electron chi connectivity index (χ4n) is 3.44. The number of likely N-dealkylation sites (N-methyl/N-ethyl adjacent to an activating group) is 1. The van der Waals surface area contributed by atoms with Crippen molar-refractivity contribution in [2.75, 3.05) is 13.7 Å². The summed E-state index contributed by atoms with van der Waals surface area (Å²) in [5, 5.41) is 2.72. The van der Waals surface area contributed by atoms with Gasteiger partial charge in [0.2, 0.25) is 5.91 Å². The van der Waals surface area contributed by atoms with E-state index in [1.54, 1.807) is 11.9 Å². The predicted molar refractivity (Wildman–Crippen MR) is 129 cm³/mol. The van der Waals surface area contributed by atoms with E-state index in [2.05, 4.69) is 21.2 Å². The van der Waals surface area contributed by atoms with Crippen LogP contribution in [-0.4, -0.2) is 36.4 Å². The maximum atomic E-state index is 13.3. The Morgan fingerprint density at radius 3 is 2.19 bits per heavy atom. The van der Waals surface area contributed by atoms with Gasteiger partial charge in [-0.05, 0) is 41.8 Å². The third-order valence-corrected chi connectivity index (χ3v) is 6.09. The Balaban J connectivity index is 1.84. The van der Waals surface area contributed by atoms with Gasteiger partial charge in [0.25, 0.3) is 5.91 Å². The molecule has 32 heavy (non-hydrogen) atoms. The number of hydrogen-bond acceptors (Lipinski definition) is 3. The first kappa shape index (κ1) is 23.5. The lowest BCUT2D eigenvalue weighted by atomic mass is 10.0. The van der Waals surface area contributed by atoms with E-state index in [0.717, 1.165) is 21.2 Å². The lowest BCUT2D eigenvalue weighted by molar-refractivity contribution is -0.142. The monoisotopic (exact) mass is 494 g/mol. The number of carbonyl (C=O) groups is 2. The molecule has 3 rings (SSSR count). The average molecular weight is 495 g/mol. The number of nitrogens with one attached hydrogen (secondary N) is 1. The molecule has 0 aliphatic carbocycles. The van der Waals surface area contributed by atoms with E-state index in [-0.39, 0.29) is 18.4 Å². The van der Waals surface area contributed by atoms with Crippen LogP contribution in [0.4, 0.5) is 0 Å². The number of aryl methyl sites for hydroxylation is 1. The Kier molecular flexibility index (Phi) is 8.45. The summed E-state index contributed by atoms with van der Waals surface area (Å²) in [4.78, 5) is 27.8.